The number of nitrogens with one attached hydrogen (secondary N) is 2. The van der Waals surface area contributed by atoms with Crippen molar-refractivity contribution in [2.75, 3.05) is 12.4 Å². The second-order valence-electron chi connectivity index (χ2n) is 5.32. The van der Waals surface area contributed by atoms with E-state index in [0.29, 0.717) is 17.0 Å². The van der Waals surface area contributed by atoms with E-state index in [1.807, 2.05) is 19.1 Å². The number of nitrogens with zero attached hydrogens (tertiary/aromatic N) is 1. The molecule has 0 aliphatic rings. The van der Waals surface area contributed by atoms with Gasteiger partial charge in [0.05, 0.1) is 30.3 Å². The number of aryl methyl sites for hydroxylation is 1. The Kier molecular flexibility index (Phi) is 4.29. The molecule has 0 spiro atoms. The zero-order valence-corrected chi connectivity index (χ0v) is 13.3. The molecule has 0 unspecified atom stereocenters. The van der Waals surface area contributed by atoms with Gasteiger partial charge in [-0.2, -0.15) is 5.10 Å². The summed E-state index contributed by atoms with van der Waals surface area (Å²) in [6.07, 6.45) is 1.42. The summed E-state index contributed by atoms with van der Waals surface area (Å²) in [6.45, 7) is 1.83. The number of rotatable bonds is 4. The lowest BCUT2D eigenvalue weighted by Gasteiger charge is -2.08. The lowest BCUT2D eigenvalue weighted by Crippen LogP contribution is -2.13. The molecule has 1 heterocycles. The number of aromatic amines is 1. The summed E-state index contributed by atoms with van der Waals surface area (Å²) >= 11 is 0. The fraction of sp³-hybridized carbons (Fsp3) is 0.111. The van der Waals surface area contributed by atoms with E-state index >= 15 is 0 Å². The van der Waals surface area contributed by atoms with Crippen molar-refractivity contribution in [3.05, 3.63) is 65.6 Å². The Morgan fingerprint density at radius 3 is 2.67 bits per heavy atom. The van der Waals surface area contributed by atoms with Crippen LogP contribution in [0.1, 0.15) is 15.9 Å². The van der Waals surface area contributed by atoms with Crippen molar-refractivity contribution in [3.63, 3.8) is 0 Å². The van der Waals surface area contributed by atoms with Crippen LogP contribution in [-0.2, 0) is 0 Å². The Bertz CT molecular complexity index is 872. The first-order valence-electron chi connectivity index (χ1n) is 7.34. The maximum Gasteiger partial charge on any atom is 0.259 e. The second kappa shape index (κ2) is 6.54. The molecule has 0 saturated carbocycles. The number of carbonyl (C=O) groups is 1. The van der Waals surface area contributed by atoms with Crippen LogP contribution < -0.4 is 10.1 Å². The van der Waals surface area contributed by atoms with Gasteiger partial charge in [0.15, 0.2) is 0 Å². The molecule has 2 N–H and O–H groups in total. The normalized spacial score (nSPS) is 10.5. The molecular weight excluding hydrogens is 309 g/mol. The van der Waals surface area contributed by atoms with Gasteiger partial charge in [0.1, 0.15) is 11.6 Å². The number of benzene rings is 2. The van der Waals surface area contributed by atoms with Gasteiger partial charge in [-0.15, -0.1) is 0 Å². The van der Waals surface area contributed by atoms with Gasteiger partial charge < -0.3 is 10.1 Å². The Balaban J connectivity index is 1.88. The molecule has 0 aliphatic heterocycles. The topological polar surface area (TPSA) is 67.0 Å². The minimum absolute atomic E-state index is 0.141. The molecule has 0 radical (unpaired) electrons. The number of H-pyrrole nitrogens is 1. The van der Waals surface area contributed by atoms with Crippen molar-refractivity contribution in [3.8, 4) is 17.0 Å². The third kappa shape index (κ3) is 3.12. The monoisotopic (exact) mass is 325 g/mol. The van der Waals surface area contributed by atoms with Crippen molar-refractivity contribution in [2.24, 2.45) is 0 Å². The number of amides is 1. The summed E-state index contributed by atoms with van der Waals surface area (Å²) in [6, 6.07) is 11.8. The summed E-state index contributed by atoms with van der Waals surface area (Å²) in [4.78, 5) is 12.5. The Morgan fingerprint density at radius 1 is 1.21 bits per heavy atom. The van der Waals surface area contributed by atoms with Gasteiger partial charge in [0.2, 0.25) is 0 Å². The lowest BCUT2D eigenvalue weighted by molar-refractivity contribution is 0.102. The van der Waals surface area contributed by atoms with Crippen LogP contribution in [0.4, 0.5) is 10.1 Å². The van der Waals surface area contributed by atoms with Gasteiger partial charge in [0, 0.05) is 5.56 Å². The first-order valence-corrected chi connectivity index (χ1v) is 7.34. The minimum Gasteiger partial charge on any atom is -0.497 e. The first-order chi connectivity index (χ1) is 11.6. The maximum atomic E-state index is 13.8. The molecule has 0 fully saturated rings. The maximum absolute atomic E-state index is 13.8. The molecule has 0 bridgehead atoms. The molecule has 3 rings (SSSR count). The summed E-state index contributed by atoms with van der Waals surface area (Å²) in [7, 11) is 1.58. The molecule has 0 saturated heterocycles. The quantitative estimate of drug-likeness (QED) is 0.767. The number of hydrogen-bond donors (Lipinski definition) is 2. The number of hydrogen-bond acceptors (Lipinski definition) is 3. The molecule has 122 valence electrons. The van der Waals surface area contributed by atoms with Crippen LogP contribution >= 0.6 is 0 Å². The van der Waals surface area contributed by atoms with Crippen LogP contribution in [0.25, 0.3) is 11.3 Å². The van der Waals surface area contributed by atoms with Crippen molar-refractivity contribution < 1.29 is 13.9 Å². The standard InChI is InChI=1S/C18H16FN3O2/c1-11-3-8-15(19)16(9-11)21-18(23)14-10-20-22-17(14)12-4-6-13(24-2)7-5-12/h3-10H,1-2H3,(H,20,22)(H,21,23). The van der Waals surface area contributed by atoms with Crippen LogP contribution in [0.3, 0.4) is 0 Å². The number of anilines is 1. The van der Waals surface area contributed by atoms with Crippen LogP contribution in [0.2, 0.25) is 0 Å². The Labute approximate surface area is 138 Å². The van der Waals surface area contributed by atoms with Gasteiger partial charge in [-0.1, -0.05) is 6.07 Å². The SMILES string of the molecule is COc1ccc(-c2[nH]ncc2C(=O)Nc2cc(C)ccc2F)cc1. The molecule has 0 atom stereocenters. The number of aromatic nitrogens is 2. The fourth-order valence-corrected chi connectivity index (χ4v) is 2.36. The van der Waals surface area contributed by atoms with Gasteiger partial charge in [0.25, 0.3) is 5.91 Å². The summed E-state index contributed by atoms with van der Waals surface area (Å²) < 4.78 is 18.9. The van der Waals surface area contributed by atoms with E-state index in [1.54, 1.807) is 31.4 Å². The van der Waals surface area contributed by atoms with Crippen LogP contribution in [-0.4, -0.2) is 23.2 Å². The first kappa shape index (κ1) is 15.7. The summed E-state index contributed by atoms with van der Waals surface area (Å²) in [5.74, 6) is -0.200. The molecule has 1 amide bonds. The molecule has 0 aliphatic carbocycles. The zero-order chi connectivity index (χ0) is 17.1. The van der Waals surface area contributed by atoms with Gasteiger partial charge >= 0.3 is 0 Å². The second-order valence-corrected chi connectivity index (χ2v) is 5.32. The van der Waals surface area contributed by atoms with Gasteiger partial charge in [-0.25, -0.2) is 4.39 Å². The molecule has 2 aromatic carbocycles. The van der Waals surface area contributed by atoms with Crippen LogP contribution in [0.15, 0.2) is 48.7 Å². The highest BCUT2D eigenvalue weighted by Gasteiger charge is 2.17. The molecular formula is C18H16FN3O2. The predicted molar refractivity (Wildman–Crippen MR) is 89.7 cm³/mol. The van der Waals surface area contributed by atoms with Gasteiger partial charge in [-0.3, -0.25) is 9.89 Å². The Morgan fingerprint density at radius 2 is 1.96 bits per heavy atom. The average molecular weight is 325 g/mol. The van der Waals surface area contributed by atoms with Crippen molar-refractivity contribution in [1.29, 1.82) is 0 Å². The summed E-state index contributed by atoms with van der Waals surface area (Å²) in [5, 5.41) is 9.33. The fourth-order valence-electron chi connectivity index (χ4n) is 2.36. The zero-order valence-electron chi connectivity index (χ0n) is 13.3. The largest absolute Gasteiger partial charge is 0.497 e. The van der Waals surface area contributed by atoms with Crippen LogP contribution in [0, 0.1) is 12.7 Å². The Hall–Kier alpha value is -3.15. The predicted octanol–water partition coefficient (Wildman–Crippen LogP) is 3.79. The lowest BCUT2D eigenvalue weighted by atomic mass is 10.1. The molecule has 1 aromatic heterocycles. The van der Waals surface area contributed by atoms with Gasteiger partial charge in [-0.05, 0) is 48.9 Å². The highest BCUT2D eigenvalue weighted by Crippen LogP contribution is 2.25. The van der Waals surface area contributed by atoms with E-state index in [1.165, 1.54) is 12.3 Å². The van der Waals surface area contributed by atoms with Crippen molar-refractivity contribution >= 4 is 11.6 Å². The van der Waals surface area contributed by atoms with Crippen molar-refractivity contribution in [2.45, 2.75) is 6.92 Å². The van der Waals surface area contributed by atoms with Crippen LogP contribution in [0.5, 0.6) is 5.75 Å². The van der Waals surface area contributed by atoms with E-state index in [0.717, 1.165) is 11.1 Å². The molecule has 3 aromatic rings. The minimum atomic E-state index is -0.483. The highest BCUT2D eigenvalue weighted by atomic mass is 19.1. The third-order valence-electron chi connectivity index (χ3n) is 3.63. The summed E-state index contributed by atoms with van der Waals surface area (Å²) in [5.41, 5.74) is 2.67. The van der Waals surface area contributed by atoms with E-state index in [2.05, 4.69) is 15.5 Å². The number of halogens is 1. The third-order valence-corrected chi connectivity index (χ3v) is 3.63. The molecule has 6 heteroatoms. The molecule has 24 heavy (non-hydrogen) atoms. The molecule has 5 nitrogen and oxygen atoms in total. The van der Waals surface area contributed by atoms with E-state index in [-0.39, 0.29) is 5.69 Å². The highest BCUT2D eigenvalue weighted by molar-refractivity contribution is 6.08. The van der Waals surface area contributed by atoms with E-state index in [9.17, 15) is 9.18 Å². The smallest absolute Gasteiger partial charge is 0.259 e. The van der Waals surface area contributed by atoms with Crippen molar-refractivity contribution in [1.82, 2.24) is 10.2 Å². The average Bonchev–Trinajstić information content (AvgIpc) is 3.08. The number of carbonyl (C=O) groups excluding carboxylic acids is 1. The number of ether oxygens (including phenoxy) is 1. The van der Waals surface area contributed by atoms with E-state index in [4.69, 9.17) is 4.74 Å². The number of methoxy groups -OCH3 is 1. The van der Waals surface area contributed by atoms with E-state index < -0.39 is 11.7 Å².